The minimum atomic E-state index is -0.374. The summed E-state index contributed by atoms with van der Waals surface area (Å²) in [5.41, 5.74) is 2.09. The topological polar surface area (TPSA) is 83.6 Å². The number of nitrogens with zero attached hydrogens (tertiary/aromatic N) is 4. The average Bonchev–Trinajstić information content (AvgIpc) is 3.03. The number of nitrogens with one attached hydrogen (secondary N) is 1. The molecule has 0 aliphatic carbocycles. The van der Waals surface area contributed by atoms with Crippen molar-refractivity contribution in [2.75, 3.05) is 5.32 Å². The van der Waals surface area contributed by atoms with Gasteiger partial charge in [0, 0.05) is 23.3 Å². The standard InChI is InChI=1S/C19H16ClN5OS/c1-12(18(26)22-16-9-3-13(11-21)4-10-16)27-19-24-23-17(25(19)2)14-5-7-15(20)8-6-14/h3-10,12H,1-2H3,(H,22,26)/t12-/m1/s1. The van der Waals surface area contributed by atoms with E-state index in [1.807, 2.05) is 29.8 Å². The summed E-state index contributed by atoms with van der Waals surface area (Å²) >= 11 is 7.25. The van der Waals surface area contributed by atoms with Crippen LogP contribution in [0.5, 0.6) is 0 Å². The van der Waals surface area contributed by atoms with Gasteiger partial charge in [0.25, 0.3) is 0 Å². The van der Waals surface area contributed by atoms with Crippen LogP contribution >= 0.6 is 23.4 Å². The Hall–Kier alpha value is -2.82. The fourth-order valence-corrected chi connectivity index (χ4v) is 3.29. The Bertz CT molecular complexity index is 992. The molecule has 3 rings (SSSR count). The van der Waals surface area contributed by atoms with Gasteiger partial charge in [-0.1, -0.05) is 23.4 Å². The molecule has 1 amide bonds. The fraction of sp³-hybridized carbons (Fsp3) is 0.158. The quantitative estimate of drug-likeness (QED) is 0.654. The number of aromatic nitrogens is 3. The number of anilines is 1. The summed E-state index contributed by atoms with van der Waals surface area (Å²) in [5.74, 6) is 0.551. The van der Waals surface area contributed by atoms with Crippen LogP contribution in [0.3, 0.4) is 0 Å². The second kappa shape index (κ2) is 8.25. The van der Waals surface area contributed by atoms with Crippen molar-refractivity contribution >= 4 is 35.0 Å². The summed E-state index contributed by atoms with van der Waals surface area (Å²) < 4.78 is 1.85. The van der Waals surface area contributed by atoms with Crippen molar-refractivity contribution in [3.8, 4) is 17.5 Å². The summed E-state index contributed by atoms with van der Waals surface area (Å²) in [4.78, 5) is 12.4. The average molecular weight is 398 g/mol. The van der Waals surface area contributed by atoms with Crippen LogP contribution in [0.2, 0.25) is 5.02 Å². The van der Waals surface area contributed by atoms with Gasteiger partial charge < -0.3 is 9.88 Å². The van der Waals surface area contributed by atoms with E-state index in [1.165, 1.54) is 11.8 Å². The van der Waals surface area contributed by atoms with E-state index >= 15 is 0 Å². The minimum absolute atomic E-state index is 0.152. The zero-order valence-corrected chi connectivity index (χ0v) is 16.3. The first-order chi connectivity index (χ1) is 13.0. The first-order valence-corrected chi connectivity index (χ1v) is 9.36. The van der Waals surface area contributed by atoms with Gasteiger partial charge >= 0.3 is 0 Å². The van der Waals surface area contributed by atoms with Crippen LogP contribution in [0.25, 0.3) is 11.4 Å². The molecule has 0 spiro atoms. The van der Waals surface area contributed by atoms with Gasteiger partial charge in [0.1, 0.15) is 0 Å². The number of amides is 1. The van der Waals surface area contributed by atoms with Crippen LogP contribution in [0.15, 0.2) is 53.7 Å². The second-order valence-corrected chi connectivity index (χ2v) is 7.55. The lowest BCUT2D eigenvalue weighted by Gasteiger charge is -2.11. The van der Waals surface area contributed by atoms with Crippen LogP contribution in [0.4, 0.5) is 5.69 Å². The van der Waals surface area contributed by atoms with Crippen molar-refractivity contribution in [2.24, 2.45) is 7.05 Å². The molecule has 0 fully saturated rings. The van der Waals surface area contributed by atoms with Gasteiger partial charge in [-0.05, 0) is 55.5 Å². The Morgan fingerprint density at radius 3 is 2.48 bits per heavy atom. The Morgan fingerprint density at radius 1 is 1.19 bits per heavy atom. The van der Waals surface area contributed by atoms with E-state index in [0.717, 1.165) is 5.56 Å². The van der Waals surface area contributed by atoms with Crippen molar-refractivity contribution in [1.29, 1.82) is 5.26 Å². The summed E-state index contributed by atoms with van der Waals surface area (Å²) in [6.07, 6.45) is 0. The monoisotopic (exact) mass is 397 g/mol. The van der Waals surface area contributed by atoms with Gasteiger partial charge in [-0.15, -0.1) is 10.2 Å². The molecule has 3 aromatic rings. The second-order valence-electron chi connectivity index (χ2n) is 5.81. The van der Waals surface area contributed by atoms with Gasteiger partial charge in [-0.2, -0.15) is 5.26 Å². The third-order valence-electron chi connectivity index (χ3n) is 3.87. The van der Waals surface area contributed by atoms with E-state index < -0.39 is 0 Å². The number of rotatable bonds is 5. The largest absolute Gasteiger partial charge is 0.325 e. The van der Waals surface area contributed by atoms with Crippen LogP contribution in [0, 0.1) is 11.3 Å². The summed E-state index contributed by atoms with van der Waals surface area (Å²) in [7, 11) is 1.86. The zero-order valence-electron chi connectivity index (χ0n) is 14.7. The number of hydrogen-bond donors (Lipinski definition) is 1. The summed E-state index contributed by atoms with van der Waals surface area (Å²) in [6.45, 7) is 1.81. The predicted molar refractivity (Wildman–Crippen MR) is 107 cm³/mol. The van der Waals surface area contributed by atoms with Crippen molar-refractivity contribution in [2.45, 2.75) is 17.3 Å². The summed E-state index contributed by atoms with van der Waals surface area (Å²) in [5, 5.41) is 21.0. The molecule has 27 heavy (non-hydrogen) atoms. The number of thioether (sulfide) groups is 1. The lowest BCUT2D eigenvalue weighted by Crippen LogP contribution is -2.22. The SMILES string of the molecule is C[C@@H](Sc1nnc(-c2ccc(Cl)cc2)n1C)C(=O)Nc1ccc(C#N)cc1. The molecule has 1 N–H and O–H groups in total. The minimum Gasteiger partial charge on any atom is -0.325 e. The molecular formula is C19H16ClN5OS. The third kappa shape index (κ3) is 4.48. The van der Waals surface area contributed by atoms with Crippen LogP contribution in [-0.4, -0.2) is 25.9 Å². The van der Waals surface area contributed by atoms with E-state index in [1.54, 1.807) is 43.3 Å². The normalized spacial score (nSPS) is 11.6. The number of carbonyl (C=O) groups excluding carboxylic acids is 1. The molecule has 0 aliphatic rings. The van der Waals surface area contributed by atoms with Crippen LogP contribution in [-0.2, 0) is 11.8 Å². The highest BCUT2D eigenvalue weighted by atomic mass is 35.5. The molecule has 0 saturated heterocycles. The third-order valence-corrected chi connectivity index (χ3v) is 5.26. The molecule has 0 bridgehead atoms. The zero-order chi connectivity index (χ0) is 19.4. The van der Waals surface area contributed by atoms with Crippen molar-refractivity contribution in [1.82, 2.24) is 14.8 Å². The number of benzene rings is 2. The van der Waals surface area contributed by atoms with E-state index in [0.29, 0.717) is 27.3 Å². The van der Waals surface area contributed by atoms with Gasteiger partial charge in [0.15, 0.2) is 11.0 Å². The van der Waals surface area contributed by atoms with Gasteiger partial charge in [-0.3, -0.25) is 4.79 Å². The summed E-state index contributed by atoms with van der Waals surface area (Å²) in [6, 6.07) is 16.1. The Morgan fingerprint density at radius 2 is 1.85 bits per heavy atom. The van der Waals surface area contributed by atoms with Crippen molar-refractivity contribution in [3.63, 3.8) is 0 Å². The van der Waals surface area contributed by atoms with Crippen molar-refractivity contribution < 1.29 is 4.79 Å². The molecule has 0 saturated carbocycles. The molecule has 2 aromatic carbocycles. The maximum Gasteiger partial charge on any atom is 0.237 e. The molecule has 0 unspecified atom stereocenters. The molecule has 1 atom stereocenters. The first kappa shape index (κ1) is 19.0. The maximum atomic E-state index is 12.4. The highest BCUT2D eigenvalue weighted by Gasteiger charge is 2.19. The Labute approximate surface area is 166 Å². The van der Waals surface area contributed by atoms with Crippen LogP contribution < -0.4 is 5.32 Å². The first-order valence-electron chi connectivity index (χ1n) is 8.11. The van der Waals surface area contributed by atoms with Gasteiger partial charge in [-0.25, -0.2) is 0 Å². The van der Waals surface area contributed by atoms with E-state index in [2.05, 4.69) is 15.5 Å². The number of nitriles is 1. The number of carbonyl (C=O) groups is 1. The van der Waals surface area contributed by atoms with E-state index in [-0.39, 0.29) is 11.2 Å². The molecule has 1 heterocycles. The maximum absolute atomic E-state index is 12.4. The van der Waals surface area contributed by atoms with E-state index in [4.69, 9.17) is 16.9 Å². The Kier molecular flexibility index (Phi) is 5.79. The smallest absolute Gasteiger partial charge is 0.237 e. The highest BCUT2D eigenvalue weighted by Crippen LogP contribution is 2.27. The molecule has 0 radical (unpaired) electrons. The lowest BCUT2D eigenvalue weighted by atomic mass is 10.2. The molecule has 0 aliphatic heterocycles. The molecule has 8 heteroatoms. The predicted octanol–water partition coefficient (Wildman–Crippen LogP) is 4.13. The van der Waals surface area contributed by atoms with E-state index in [9.17, 15) is 4.79 Å². The molecule has 1 aromatic heterocycles. The van der Waals surface area contributed by atoms with Crippen LogP contribution in [0.1, 0.15) is 12.5 Å². The van der Waals surface area contributed by atoms with Crippen molar-refractivity contribution in [3.05, 3.63) is 59.1 Å². The number of halogens is 1. The fourth-order valence-electron chi connectivity index (χ4n) is 2.35. The Balaban J connectivity index is 1.68. The molecular weight excluding hydrogens is 382 g/mol. The van der Waals surface area contributed by atoms with Gasteiger partial charge in [0.05, 0.1) is 16.9 Å². The highest BCUT2D eigenvalue weighted by molar-refractivity contribution is 8.00. The lowest BCUT2D eigenvalue weighted by molar-refractivity contribution is -0.115. The molecule has 136 valence electrons. The molecule has 6 nitrogen and oxygen atoms in total. The number of hydrogen-bond acceptors (Lipinski definition) is 5. The van der Waals surface area contributed by atoms with Gasteiger partial charge in [0.2, 0.25) is 5.91 Å².